The maximum absolute atomic E-state index is 13.4. The Kier molecular flexibility index (Phi) is 4.62. The molecule has 7 nitrogen and oxygen atoms in total. The first-order chi connectivity index (χ1) is 13.9. The number of hydrazone groups is 1. The summed E-state index contributed by atoms with van der Waals surface area (Å²) in [7, 11) is 1.22. The van der Waals surface area contributed by atoms with Crippen molar-refractivity contribution in [2.45, 2.75) is 19.9 Å². The molecule has 2 heterocycles. The summed E-state index contributed by atoms with van der Waals surface area (Å²) in [6, 6.07) is 11.4. The summed E-state index contributed by atoms with van der Waals surface area (Å²) in [6.45, 7) is 3.61. The van der Waals surface area contributed by atoms with Crippen LogP contribution < -0.4 is 9.91 Å². The molecule has 2 aromatic carbocycles. The predicted octanol–water partition coefficient (Wildman–Crippen LogP) is 2.86. The third-order valence-electron chi connectivity index (χ3n) is 5.29. The molecule has 0 spiro atoms. The maximum Gasteiger partial charge on any atom is 0.355 e. The second-order valence-electron chi connectivity index (χ2n) is 6.93. The van der Waals surface area contributed by atoms with Crippen LogP contribution in [0.2, 0.25) is 5.02 Å². The van der Waals surface area contributed by atoms with E-state index in [4.69, 9.17) is 16.3 Å². The smallest absolute Gasteiger partial charge is 0.355 e. The summed E-state index contributed by atoms with van der Waals surface area (Å²) in [5.74, 6) is -2.77. The Morgan fingerprint density at radius 2 is 1.72 bits per heavy atom. The Morgan fingerprint density at radius 3 is 2.41 bits per heavy atom. The zero-order valence-corrected chi connectivity index (χ0v) is 16.8. The van der Waals surface area contributed by atoms with E-state index in [1.54, 1.807) is 31.2 Å². The molecule has 1 fully saturated rings. The van der Waals surface area contributed by atoms with Crippen molar-refractivity contribution in [3.8, 4) is 0 Å². The Morgan fingerprint density at radius 1 is 1.03 bits per heavy atom. The zero-order chi connectivity index (χ0) is 20.9. The van der Waals surface area contributed by atoms with Crippen molar-refractivity contribution in [2.24, 2.45) is 11.0 Å². The van der Waals surface area contributed by atoms with E-state index in [1.807, 2.05) is 25.1 Å². The third kappa shape index (κ3) is 2.81. The molecule has 0 radical (unpaired) electrons. The number of rotatable bonds is 3. The molecular weight excluding hydrogens is 394 g/mol. The quantitative estimate of drug-likeness (QED) is 0.573. The van der Waals surface area contributed by atoms with Crippen molar-refractivity contribution >= 4 is 46.5 Å². The molecule has 2 amide bonds. The summed E-state index contributed by atoms with van der Waals surface area (Å²) in [6.07, 6.45) is 0. The molecule has 8 heteroatoms. The van der Waals surface area contributed by atoms with Gasteiger partial charge in [-0.3, -0.25) is 14.6 Å². The van der Waals surface area contributed by atoms with Crippen LogP contribution >= 0.6 is 11.6 Å². The number of aryl methyl sites for hydroxylation is 1. The van der Waals surface area contributed by atoms with Crippen LogP contribution in [0, 0.1) is 19.8 Å². The lowest BCUT2D eigenvalue weighted by atomic mass is 9.97. The fraction of sp³-hybridized carbons (Fsp3) is 0.238. The number of ether oxygens (including phenoxy) is 1. The van der Waals surface area contributed by atoms with E-state index in [1.165, 1.54) is 12.1 Å². The first-order valence-corrected chi connectivity index (χ1v) is 9.39. The van der Waals surface area contributed by atoms with Gasteiger partial charge in [-0.2, -0.15) is 5.10 Å². The molecular formula is C21H18ClN3O4. The van der Waals surface area contributed by atoms with Crippen molar-refractivity contribution in [3.63, 3.8) is 0 Å². The number of amides is 2. The van der Waals surface area contributed by atoms with E-state index in [9.17, 15) is 14.4 Å². The topological polar surface area (TPSA) is 79.3 Å². The van der Waals surface area contributed by atoms with Crippen LogP contribution in [0.4, 0.5) is 11.4 Å². The molecule has 0 bridgehead atoms. The van der Waals surface area contributed by atoms with Crippen LogP contribution in [0.15, 0.2) is 47.6 Å². The van der Waals surface area contributed by atoms with Gasteiger partial charge in [-0.05, 0) is 43.2 Å². The Labute approximate surface area is 172 Å². The number of methoxy groups -OCH3 is 1. The number of anilines is 2. The average Bonchev–Trinajstić information content (AvgIpc) is 3.21. The molecule has 0 aromatic heterocycles. The number of imide groups is 1. The molecule has 2 atom stereocenters. The molecule has 4 rings (SSSR count). The molecule has 2 aliphatic rings. The van der Waals surface area contributed by atoms with Gasteiger partial charge in [-0.15, -0.1) is 0 Å². The minimum absolute atomic E-state index is 0.0821. The Hall–Kier alpha value is -3.19. The first-order valence-electron chi connectivity index (χ1n) is 9.01. The summed E-state index contributed by atoms with van der Waals surface area (Å²) >= 11 is 6.20. The molecule has 2 unspecified atom stereocenters. The lowest BCUT2D eigenvalue weighted by molar-refractivity contribution is -0.133. The number of nitrogens with zero attached hydrogens (tertiary/aromatic N) is 3. The molecule has 148 valence electrons. The average molecular weight is 412 g/mol. The van der Waals surface area contributed by atoms with Gasteiger partial charge >= 0.3 is 5.97 Å². The second-order valence-corrected chi connectivity index (χ2v) is 7.33. The maximum atomic E-state index is 13.4. The highest BCUT2D eigenvalue weighted by Crippen LogP contribution is 2.40. The molecule has 0 aliphatic carbocycles. The Balaban J connectivity index is 1.86. The summed E-state index contributed by atoms with van der Waals surface area (Å²) in [5.41, 5.74) is 2.43. The summed E-state index contributed by atoms with van der Waals surface area (Å²) in [5, 5.41) is 6.22. The van der Waals surface area contributed by atoms with Crippen molar-refractivity contribution in [1.82, 2.24) is 0 Å². The molecule has 0 N–H and O–H groups in total. The predicted molar refractivity (Wildman–Crippen MR) is 109 cm³/mol. The minimum Gasteiger partial charge on any atom is -0.464 e. The highest BCUT2D eigenvalue weighted by atomic mass is 35.5. The SMILES string of the molecule is COC(=O)C1=NN(c2ccccc2C)C2C(=O)N(c3cccc(Cl)c3C)C(=O)C12. The largest absolute Gasteiger partial charge is 0.464 e. The fourth-order valence-electron chi connectivity index (χ4n) is 3.78. The molecule has 2 aromatic rings. The third-order valence-corrected chi connectivity index (χ3v) is 5.70. The fourth-order valence-corrected chi connectivity index (χ4v) is 3.95. The van der Waals surface area contributed by atoms with Crippen molar-refractivity contribution < 1.29 is 19.1 Å². The number of esters is 1. The lowest BCUT2D eigenvalue weighted by Crippen LogP contribution is -2.39. The summed E-state index contributed by atoms with van der Waals surface area (Å²) in [4.78, 5) is 40.2. The molecule has 29 heavy (non-hydrogen) atoms. The van der Waals surface area contributed by atoms with Gasteiger partial charge in [0, 0.05) is 5.02 Å². The number of hydrogen-bond acceptors (Lipinski definition) is 6. The number of benzene rings is 2. The normalized spacial score (nSPS) is 20.8. The Bertz CT molecular complexity index is 1080. The van der Waals surface area contributed by atoms with E-state index in [-0.39, 0.29) is 5.71 Å². The van der Waals surface area contributed by atoms with E-state index < -0.39 is 29.7 Å². The van der Waals surface area contributed by atoms with Crippen LogP contribution in [-0.4, -0.2) is 36.6 Å². The molecule has 1 saturated heterocycles. The van der Waals surface area contributed by atoms with Gasteiger partial charge in [0.05, 0.1) is 18.5 Å². The van der Waals surface area contributed by atoms with Gasteiger partial charge in [0.15, 0.2) is 5.71 Å². The van der Waals surface area contributed by atoms with Crippen LogP contribution in [0.3, 0.4) is 0 Å². The van der Waals surface area contributed by atoms with Gasteiger partial charge in [0.25, 0.3) is 5.91 Å². The summed E-state index contributed by atoms with van der Waals surface area (Å²) < 4.78 is 4.82. The first kappa shape index (κ1) is 19.1. The van der Waals surface area contributed by atoms with Crippen LogP contribution in [-0.2, 0) is 19.1 Å². The number of halogens is 1. The van der Waals surface area contributed by atoms with Crippen molar-refractivity contribution in [1.29, 1.82) is 0 Å². The van der Waals surface area contributed by atoms with Gasteiger partial charge in [0.1, 0.15) is 12.0 Å². The molecule has 0 saturated carbocycles. The second kappa shape index (κ2) is 7.00. The van der Waals surface area contributed by atoms with Crippen LogP contribution in [0.5, 0.6) is 0 Å². The monoisotopic (exact) mass is 411 g/mol. The van der Waals surface area contributed by atoms with E-state index in [2.05, 4.69) is 5.10 Å². The number of carbonyl (C=O) groups excluding carboxylic acids is 3. The lowest BCUT2D eigenvalue weighted by Gasteiger charge is -2.24. The van der Waals surface area contributed by atoms with Gasteiger partial charge in [-0.25, -0.2) is 9.69 Å². The highest BCUT2D eigenvalue weighted by molar-refractivity contribution is 6.47. The van der Waals surface area contributed by atoms with Crippen molar-refractivity contribution in [3.05, 3.63) is 58.6 Å². The van der Waals surface area contributed by atoms with Crippen LogP contribution in [0.25, 0.3) is 0 Å². The highest BCUT2D eigenvalue weighted by Gasteiger charge is 2.59. The van der Waals surface area contributed by atoms with Crippen molar-refractivity contribution in [2.75, 3.05) is 17.0 Å². The van der Waals surface area contributed by atoms with E-state index in [0.29, 0.717) is 22.0 Å². The van der Waals surface area contributed by atoms with Gasteiger partial charge in [0.2, 0.25) is 5.91 Å². The van der Waals surface area contributed by atoms with Crippen LogP contribution in [0.1, 0.15) is 11.1 Å². The van der Waals surface area contributed by atoms with E-state index in [0.717, 1.165) is 10.5 Å². The molecule has 2 aliphatic heterocycles. The van der Waals surface area contributed by atoms with Gasteiger partial charge < -0.3 is 4.74 Å². The minimum atomic E-state index is -1.05. The number of fused-ring (bicyclic) bond motifs is 1. The van der Waals surface area contributed by atoms with E-state index >= 15 is 0 Å². The van der Waals surface area contributed by atoms with Gasteiger partial charge in [-0.1, -0.05) is 35.9 Å². The standard InChI is InChI=1S/C21H18ClN3O4/c1-11-7-4-5-9-14(11)25-18-16(17(23-25)21(28)29-3)19(26)24(20(18)27)15-10-6-8-13(22)12(15)2/h4-10,16,18H,1-3H3. The zero-order valence-electron chi connectivity index (χ0n) is 16.0. The number of hydrogen-bond donors (Lipinski definition) is 0. The number of para-hydroxylation sites is 1. The number of carbonyl (C=O) groups is 3.